The predicted octanol–water partition coefficient (Wildman–Crippen LogP) is 3.16. The normalized spacial score (nSPS) is 11.8. The van der Waals surface area contributed by atoms with Gasteiger partial charge in [-0.3, -0.25) is 0 Å². The van der Waals surface area contributed by atoms with Crippen LogP contribution in [-0.2, 0) is 13.6 Å². The number of nitrogens with one attached hydrogen (secondary N) is 1. The van der Waals surface area contributed by atoms with Crippen LogP contribution >= 0.6 is 11.8 Å². The molecule has 4 nitrogen and oxygen atoms in total. The van der Waals surface area contributed by atoms with E-state index < -0.39 is 0 Å². The van der Waals surface area contributed by atoms with Crippen molar-refractivity contribution in [1.82, 2.24) is 20.1 Å². The molecule has 0 unspecified atom stereocenters. The zero-order chi connectivity index (χ0) is 14.8. The molecule has 108 valence electrons. The van der Waals surface area contributed by atoms with Crippen molar-refractivity contribution in [1.29, 1.82) is 0 Å². The van der Waals surface area contributed by atoms with Crippen molar-refractivity contribution in [3.05, 3.63) is 35.7 Å². The van der Waals surface area contributed by atoms with E-state index in [1.165, 1.54) is 16.0 Å². The van der Waals surface area contributed by atoms with Gasteiger partial charge in [0.25, 0.3) is 0 Å². The van der Waals surface area contributed by atoms with Crippen LogP contribution in [0, 0.1) is 6.92 Å². The molecule has 0 fully saturated rings. The van der Waals surface area contributed by atoms with Gasteiger partial charge in [-0.2, -0.15) is 5.10 Å². The second-order valence-electron chi connectivity index (χ2n) is 5.98. The number of rotatable bonds is 4. The lowest BCUT2D eigenvalue weighted by molar-refractivity contribution is 0.422. The summed E-state index contributed by atoms with van der Waals surface area (Å²) in [5.74, 6) is 0. The van der Waals surface area contributed by atoms with Crippen LogP contribution in [0.15, 0.2) is 34.6 Å². The van der Waals surface area contributed by atoms with Crippen LogP contribution in [-0.4, -0.2) is 20.3 Å². The largest absolute Gasteiger partial charge is 0.308 e. The summed E-state index contributed by atoms with van der Waals surface area (Å²) in [6.07, 6.45) is 1.59. The third-order valence-electron chi connectivity index (χ3n) is 2.90. The monoisotopic (exact) mass is 290 g/mol. The number of hydrogen-bond donors (Lipinski definition) is 1. The summed E-state index contributed by atoms with van der Waals surface area (Å²) in [6.45, 7) is 9.51. The summed E-state index contributed by atoms with van der Waals surface area (Å²) < 4.78 is 1.80. The molecule has 1 heterocycles. The van der Waals surface area contributed by atoms with Crippen molar-refractivity contribution in [2.45, 2.75) is 49.8 Å². The first-order valence-corrected chi connectivity index (χ1v) is 7.53. The van der Waals surface area contributed by atoms with Crippen LogP contribution in [0.5, 0.6) is 0 Å². The Bertz CT molecular complexity index is 584. The van der Waals surface area contributed by atoms with Gasteiger partial charge in [-0.05, 0) is 51.1 Å². The molecular formula is C15H22N4S. The zero-order valence-electron chi connectivity index (χ0n) is 12.8. The zero-order valence-corrected chi connectivity index (χ0v) is 13.6. The molecule has 2 aromatic rings. The summed E-state index contributed by atoms with van der Waals surface area (Å²) in [5.41, 5.74) is 2.68. The SMILES string of the molecule is Cc1ccc(Sc2ncnn2C)c(CNC(C)(C)C)c1. The lowest BCUT2D eigenvalue weighted by Crippen LogP contribution is -2.35. The first kappa shape index (κ1) is 15.1. The summed E-state index contributed by atoms with van der Waals surface area (Å²) in [7, 11) is 1.91. The highest BCUT2D eigenvalue weighted by Crippen LogP contribution is 2.29. The number of nitrogens with zero attached hydrogens (tertiary/aromatic N) is 3. The first-order chi connectivity index (χ1) is 9.35. The second-order valence-corrected chi connectivity index (χ2v) is 6.99. The minimum absolute atomic E-state index is 0.108. The third-order valence-corrected chi connectivity index (χ3v) is 4.07. The van der Waals surface area contributed by atoms with Gasteiger partial charge in [-0.1, -0.05) is 17.7 Å². The van der Waals surface area contributed by atoms with Crippen LogP contribution in [0.3, 0.4) is 0 Å². The highest BCUT2D eigenvalue weighted by atomic mass is 32.2. The van der Waals surface area contributed by atoms with Crippen molar-refractivity contribution >= 4 is 11.8 Å². The fourth-order valence-corrected chi connectivity index (χ4v) is 2.66. The molecular weight excluding hydrogens is 268 g/mol. The van der Waals surface area contributed by atoms with Crippen molar-refractivity contribution in [2.75, 3.05) is 0 Å². The first-order valence-electron chi connectivity index (χ1n) is 6.71. The summed E-state index contributed by atoms with van der Waals surface area (Å²) in [5, 5.41) is 8.57. The van der Waals surface area contributed by atoms with Gasteiger partial charge < -0.3 is 5.32 Å². The molecule has 0 saturated heterocycles. The Balaban J connectivity index is 2.21. The lowest BCUT2D eigenvalue weighted by Gasteiger charge is -2.21. The van der Waals surface area contributed by atoms with Crippen LogP contribution < -0.4 is 5.32 Å². The van der Waals surface area contributed by atoms with Crippen LogP contribution in [0.4, 0.5) is 0 Å². The van der Waals surface area contributed by atoms with Crippen molar-refractivity contribution in [3.8, 4) is 0 Å². The number of aromatic nitrogens is 3. The highest BCUT2D eigenvalue weighted by molar-refractivity contribution is 7.99. The second kappa shape index (κ2) is 5.97. The molecule has 0 saturated carbocycles. The lowest BCUT2D eigenvalue weighted by atomic mass is 10.1. The fourth-order valence-electron chi connectivity index (χ4n) is 1.78. The Hall–Kier alpha value is -1.33. The van der Waals surface area contributed by atoms with E-state index in [0.717, 1.165) is 11.7 Å². The van der Waals surface area contributed by atoms with Crippen LogP contribution in [0.25, 0.3) is 0 Å². The summed E-state index contributed by atoms with van der Waals surface area (Å²) in [4.78, 5) is 5.50. The average Bonchev–Trinajstić information content (AvgIpc) is 2.74. The van der Waals surface area contributed by atoms with E-state index in [9.17, 15) is 0 Å². The third kappa shape index (κ3) is 4.08. The standard InChI is InChI=1S/C15H22N4S/c1-11-6-7-13(20-14-16-10-18-19(14)5)12(8-11)9-17-15(2,3)4/h6-8,10,17H,9H2,1-5H3. The topological polar surface area (TPSA) is 42.7 Å². The maximum Gasteiger partial charge on any atom is 0.190 e. The molecule has 0 radical (unpaired) electrons. The van der Waals surface area contributed by atoms with E-state index >= 15 is 0 Å². The van der Waals surface area contributed by atoms with Gasteiger partial charge in [0.05, 0.1) is 0 Å². The van der Waals surface area contributed by atoms with E-state index in [2.05, 4.69) is 61.3 Å². The molecule has 0 amide bonds. The van der Waals surface area contributed by atoms with Gasteiger partial charge in [-0.25, -0.2) is 9.67 Å². The minimum atomic E-state index is 0.108. The van der Waals surface area contributed by atoms with E-state index in [0.29, 0.717) is 0 Å². The molecule has 1 aromatic heterocycles. The Kier molecular flexibility index (Phi) is 4.50. The van der Waals surface area contributed by atoms with Gasteiger partial charge in [0.1, 0.15) is 6.33 Å². The van der Waals surface area contributed by atoms with E-state index in [1.54, 1.807) is 22.8 Å². The van der Waals surface area contributed by atoms with E-state index in [1.807, 2.05) is 7.05 Å². The van der Waals surface area contributed by atoms with Crippen molar-refractivity contribution in [3.63, 3.8) is 0 Å². The smallest absolute Gasteiger partial charge is 0.190 e. The Morgan fingerprint density at radius 3 is 2.65 bits per heavy atom. The van der Waals surface area contributed by atoms with Gasteiger partial charge in [0.2, 0.25) is 0 Å². The van der Waals surface area contributed by atoms with Crippen LogP contribution in [0.2, 0.25) is 0 Å². The molecule has 0 atom stereocenters. The molecule has 0 aliphatic heterocycles. The molecule has 5 heteroatoms. The Labute approximate surface area is 125 Å². The maximum atomic E-state index is 4.28. The van der Waals surface area contributed by atoms with E-state index in [-0.39, 0.29) is 5.54 Å². The number of hydrogen-bond acceptors (Lipinski definition) is 4. The molecule has 1 aromatic carbocycles. The predicted molar refractivity (Wildman–Crippen MR) is 82.9 cm³/mol. The van der Waals surface area contributed by atoms with Gasteiger partial charge in [0, 0.05) is 24.0 Å². The molecule has 2 rings (SSSR count). The average molecular weight is 290 g/mol. The molecule has 0 bridgehead atoms. The Morgan fingerprint density at radius 2 is 2.05 bits per heavy atom. The number of benzene rings is 1. The van der Waals surface area contributed by atoms with Gasteiger partial charge in [-0.15, -0.1) is 0 Å². The molecule has 0 aliphatic carbocycles. The molecule has 20 heavy (non-hydrogen) atoms. The van der Waals surface area contributed by atoms with Gasteiger partial charge >= 0.3 is 0 Å². The molecule has 0 aliphatic rings. The maximum absolute atomic E-state index is 4.28. The minimum Gasteiger partial charge on any atom is -0.308 e. The number of aryl methyl sites for hydroxylation is 2. The fraction of sp³-hybridized carbons (Fsp3) is 0.467. The van der Waals surface area contributed by atoms with E-state index in [4.69, 9.17) is 0 Å². The van der Waals surface area contributed by atoms with Crippen molar-refractivity contribution < 1.29 is 0 Å². The molecule has 1 N–H and O–H groups in total. The molecule has 0 spiro atoms. The van der Waals surface area contributed by atoms with Crippen LogP contribution in [0.1, 0.15) is 31.9 Å². The summed E-state index contributed by atoms with van der Waals surface area (Å²) in [6, 6.07) is 6.53. The summed E-state index contributed by atoms with van der Waals surface area (Å²) >= 11 is 1.66. The van der Waals surface area contributed by atoms with Crippen molar-refractivity contribution in [2.24, 2.45) is 7.05 Å². The highest BCUT2D eigenvalue weighted by Gasteiger charge is 2.12. The quantitative estimate of drug-likeness (QED) is 0.939. The Morgan fingerprint density at radius 1 is 1.30 bits per heavy atom. The van der Waals surface area contributed by atoms with Gasteiger partial charge in [0.15, 0.2) is 5.16 Å².